The third kappa shape index (κ3) is 5.86. The Bertz CT molecular complexity index is 1150. The second-order valence-corrected chi connectivity index (χ2v) is 8.19. The molecule has 0 bridgehead atoms. The Morgan fingerprint density at radius 3 is 2.16 bits per heavy atom. The fraction of sp³-hybridized carbons (Fsp3) is 0.0870. The van der Waals surface area contributed by atoms with E-state index in [-0.39, 0.29) is 28.8 Å². The molecular formula is C23H19FN2O5S. The van der Waals surface area contributed by atoms with Gasteiger partial charge in [0.2, 0.25) is 5.91 Å². The number of carboxylic acid groups (broad SMARTS) is 1. The van der Waals surface area contributed by atoms with Crippen molar-refractivity contribution >= 4 is 40.9 Å². The summed E-state index contributed by atoms with van der Waals surface area (Å²) in [6.45, 7) is 1.70. The fourth-order valence-corrected chi connectivity index (χ4v) is 3.58. The second-order valence-electron chi connectivity index (χ2n) is 6.77. The third-order valence-corrected chi connectivity index (χ3v) is 5.51. The van der Waals surface area contributed by atoms with Crippen molar-refractivity contribution in [3.63, 3.8) is 0 Å². The number of carbonyl (C=O) groups excluding carboxylic acids is 2. The Hall–Kier alpha value is -3.85. The second kappa shape index (κ2) is 9.97. The summed E-state index contributed by atoms with van der Waals surface area (Å²) in [5.74, 6) is -2.82. The van der Waals surface area contributed by atoms with Crippen molar-refractivity contribution in [2.75, 3.05) is 10.6 Å². The number of carbonyl (C=O) groups is 3. The summed E-state index contributed by atoms with van der Waals surface area (Å²) in [7, 11) is 0. The number of rotatable bonds is 7. The van der Waals surface area contributed by atoms with Crippen LogP contribution in [0.5, 0.6) is 5.75 Å². The quantitative estimate of drug-likeness (QED) is 0.306. The molecule has 4 N–H and O–H groups in total. The number of benzene rings is 3. The van der Waals surface area contributed by atoms with Crippen LogP contribution in [0.2, 0.25) is 0 Å². The molecular weight excluding hydrogens is 435 g/mol. The molecule has 9 heteroatoms. The van der Waals surface area contributed by atoms with Gasteiger partial charge in [-0.3, -0.25) is 9.59 Å². The van der Waals surface area contributed by atoms with Crippen molar-refractivity contribution < 1.29 is 29.0 Å². The zero-order valence-electron chi connectivity index (χ0n) is 16.8. The molecule has 7 nitrogen and oxygen atoms in total. The lowest BCUT2D eigenvalue weighted by molar-refractivity contribution is -0.115. The van der Waals surface area contributed by atoms with Crippen LogP contribution in [0.4, 0.5) is 15.8 Å². The average Bonchev–Trinajstić information content (AvgIpc) is 2.76. The molecule has 3 aromatic rings. The molecule has 0 spiro atoms. The van der Waals surface area contributed by atoms with Crippen LogP contribution in [-0.4, -0.2) is 33.2 Å². The topological polar surface area (TPSA) is 116 Å². The highest BCUT2D eigenvalue weighted by Crippen LogP contribution is 2.27. The van der Waals surface area contributed by atoms with Crippen LogP contribution >= 0.6 is 11.8 Å². The number of carboxylic acids is 1. The van der Waals surface area contributed by atoms with Crippen molar-refractivity contribution in [3.8, 4) is 5.75 Å². The number of aromatic hydroxyl groups is 1. The maximum atomic E-state index is 13.0. The molecule has 3 aromatic carbocycles. The zero-order valence-corrected chi connectivity index (χ0v) is 17.7. The van der Waals surface area contributed by atoms with Crippen LogP contribution in [0.25, 0.3) is 0 Å². The highest BCUT2D eigenvalue weighted by atomic mass is 32.2. The molecule has 0 saturated heterocycles. The van der Waals surface area contributed by atoms with Crippen LogP contribution in [0.3, 0.4) is 0 Å². The first kappa shape index (κ1) is 22.8. The number of amides is 2. The summed E-state index contributed by atoms with van der Waals surface area (Å²) in [4.78, 5) is 36.5. The number of halogens is 1. The van der Waals surface area contributed by atoms with E-state index in [9.17, 15) is 23.9 Å². The molecule has 0 aliphatic rings. The minimum Gasteiger partial charge on any atom is -0.507 e. The standard InChI is InChI=1S/C23H19FN2O5S/c1-13(21(28)26-17-8-11-20(27)19(12-17)23(30)31)32-18-9-6-16(7-10-18)25-22(29)14-2-4-15(24)5-3-14/h2-13,27H,1H3,(H,25,29)(H,26,28)(H,30,31). The largest absolute Gasteiger partial charge is 0.507 e. The molecule has 0 aromatic heterocycles. The number of nitrogens with one attached hydrogen (secondary N) is 2. The summed E-state index contributed by atoms with van der Waals surface area (Å²) in [5.41, 5.74) is 0.833. The fourth-order valence-electron chi connectivity index (χ4n) is 2.71. The van der Waals surface area contributed by atoms with Crippen LogP contribution in [0.15, 0.2) is 71.6 Å². The number of anilines is 2. The van der Waals surface area contributed by atoms with Crippen molar-refractivity contribution in [1.82, 2.24) is 0 Å². The summed E-state index contributed by atoms with van der Waals surface area (Å²) >= 11 is 1.28. The first-order valence-corrected chi connectivity index (χ1v) is 10.3. The van der Waals surface area contributed by atoms with E-state index in [4.69, 9.17) is 5.11 Å². The Balaban J connectivity index is 1.58. The van der Waals surface area contributed by atoms with Crippen molar-refractivity contribution in [2.45, 2.75) is 17.1 Å². The lowest BCUT2D eigenvalue weighted by Crippen LogP contribution is -2.22. The Labute approximate surface area is 187 Å². The van der Waals surface area contributed by atoms with Gasteiger partial charge in [-0.05, 0) is 73.7 Å². The Kier molecular flexibility index (Phi) is 7.11. The van der Waals surface area contributed by atoms with Crippen LogP contribution in [0, 0.1) is 5.82 Å². The summed E-state index contributed by atoms with van der Waals surface area (Å²) in [5, 5.41) is 23.5. The van der Waals surface area contributed by atoms with Gasteiger partial charge in [0, 0.05) is 21.8 Å². The zero-order chi connectivity index (χ0) is 23.3. The molecule has 2 amide bonds. The Morgan fingerprint density at radius 1 is 0.906 bits per heavy atom. The van der Waals surface area contributed by atoms with E-state index in [1.807, 2.05) is 0 Å². The van der Waals surface area contributed by atoms with Gasteiger partial charge in [0.1, 0.15) is 17.1 Å². The van der Waals surface area contributed by atoms with Gasteiger partial charge in [-0.1, -0.05) is 0 Å². The number of hydrogen-bond acceptors (Lipinski definition) is 5. The molecule has 0 saturated carbocycles. The normalized spacial score (nSPS) is 11.4. The van der Waals surface area contributed by atoms with Gasteiger partial charge in [-0.15, -0.1) is 11.8 Å². The molecule has 0 fully saturated rings. The van der Waals surface area contributed by atoms with Crippen LogP contribution in [0.1, 0.15) is 27.6 Å². The van der Waals surface area contributed by atoms with Crippen LogP contribution < -0.4 is 10.6 Å². The van der Waals surface area contributed by atoms with Gasteiger partial charge in [0.25, 0.3) is 5.91 Å². The van der Waals surface area contributed by atoms with Crippen LogP contribution in [-0.2, 0) is 4.79 Å². The lowest BCUT2D eigenvalue weighted by atomic mass is 10.2. The molecule has 3 rings (SSSR count). The summed E-state index contributed by atoms with van der Waals surface area (Å²) in [6.07, 6.45) is 0. The van der Waals surface area contributed by atoms with Crippen molar-refractivity contribution in [2.24, 2.45) is 0 Å². The lowest BCUT2D eigenvalue weighted by Gasteiger charge is -2.13. The van der Waals surface area contributed by atoms with E-state index in [1.54, 1.807) is 31.2 Å². The predicted octanol–water partition coefficient (Wildman–Crippen LogP) is 4.60. The van der Waals surface area contributed by atoms with Crippen molar-refractivity contribution in [3.05, 3.63) is 83.7 Å². The van der Waals surface area contributed by atoms with E-state index < -0.39 is 17.0 Å². The van der Waals surface area contributed by atoms with E-state index in [1.165, 1.54) is 54.2 Å². The monoisotopic (exact) mass is 454 g/mol. The van der Waals surface area contributed by atoms with E-state index in [0.717, 1.165) is 4.90 Å². The van der Waals surface area contributed by atoms with Crippen molar-refractivity contribution in [1.29, 1.82) is 0 Å². The molecule has 164 valence electrons. The summed E-state index contributed by atoms with van der Waals surface area (Å²) < 4.78 is 13.0. The summed E-state index contributed by atoms with van der Waals surface area (Å²) in [6, 6.07) is 15.9. The van der Waals surface area contributed by atoms with E-state index in [0.29, 0.717) is 11.3 Å². The molecule has 0 aliphatic heterocycles. The minimum atomic E-state index is -1.30. The SMILES string of the molecule is CC(Sc1ccc(NC(=O)c2ccc(F)cc2)cc1)C(=O)Nc1ccc(O)c(C(=O)O)c1. The smallest absolute Gasteiger partial charge is 0.339 e. The maximum Gasteiger partial charge on any atom is 0.339 e. The van der Waals surface area contributed by atoms with Gasteiger partial charge < -0.3 is 20.8 Å². The molecule has 0 aliphatic carbocycles. The van der Waals surface area contributed by atoms with Gasteiger partial charge in [-0.25, -0.2) is 9.18 Å². The highest BCUT2D eigenvalue weighted by Gasteiger charge is 2.17. The average molecular weight is 454 g/mol. The van der Waals surface area contributed by atoms with Gasteiger partial charge >= 0.3 is 5.97 Å². The molecule has 1 unspecified atom stereocenters. The Morgan fingerprint density at radius 2 is 1.53 bits per heavy atom. The molecule has 32 heavy (non-hydrogen) atoms. The third-order valence-electron chi connectivity index (χ3n) is 4.40. The van der Waals surface area contributed by atoms with E-state index >= 15 is 0 Å². The minimum absolute atomic E-state index is 0.261. The van der Waals surface area contributed by atoms with Gasteiger partial charge in [-0.2, -0.15) is 0 Å². The number of phenols is 1. The molecule has 0 radical (unpaired) electrons. The first-order valence-electron chi connectivity index (χ1n) is 9.44. The predicted molar refractivity (Wildman–Crippen MR) is 120 cm³/mol. The maximum absolute atomic E-state index is 13.0. The number of thioether (sulfide) groups is 1. The number of aromatic carboxylic acids is 1. The number of hydrogen-bond donors (Lipinski definition) is 4. The molecule has 0 heterocycles. The van der Waals surface area contributed by atoms with Gasteiger partial charge in [0.05, 0.1) is 5.25 Å². The van der Waals surface area contributed by atoms with E-state index in [2.05, 4.69) is 10.6 Å². The highest BCUT2D eigenvalue weighted by molar-refractivity contribution is 8.00. The van der Waals surface area contributed by atoms with Gasteiger partial charge in [0.15, 0.2) is 0 Å². The first-order chi connectivity index (χ1) is 15.2. The molecule has 1 atom stereocenters.